The highest BCUT2D eigenvalue weighted by Crippen LogP contribution is 2.11. The van der Waals surface area contributed by atoms with Crippen molar-refractivity contribution in [3.05, 3.63) is 48.5 Å². The maximum Gasteiger partial charge on any atom is 0.103 e. The summed E-state index contributed by atoms with van der Waals surface area (Å²) in [6.07, 6.45) is 4.53. The van der Waals surface area contributed by atoms with Gasteiger partial charge in [0.1, 0.15) is 6.61 Å². The first-order valence-corrected chi connectivity index (χ1v) is 4.36. The van der Waals surface area contributed by atoms with Crippen molar-refractivity contribution in [2.45, 2.75) is 0 Å². The van der Waals surface area contributed by atoms with Crippen LogP contribution in [0.2, 0.25) is 0 Å². The van der Waals surface area contributed by atoms with Gasteiger partial charge in [-0.25, -0.2) is 0 Å². The maximum absolute atomic E-state index is 7.64. The lowest BCUT2D eigenvalue weighted by molar-refractivity contribution is 0.351. The van der Waals surface area contributed by atoms with E-state index in [1.807, 2.05) is 5.92 Å². The second-order valence-electron chi connectivity index (χ2n) is 2.71. The minimum Gasteiger partial charge on any atom is -0.384 e. The molecule has 0 atom stereocenters. The fourth-order valence-electron chi connectivity index (χ4n) is 1.13. The zero-order chi connectivity index (χ0) is 10.2. The maximum atomic E-state index is 7.64. The van der Waals surface area contributed by atoms with Gasteiger partial charge in [0.05, 0.1) is 0 Å². The number of rotatable bonds is 0. The molecule has 0 amide bonds. The second kappa shape index (κ2) is 5.80. The van der Waals surface area contributed by atoms with Crippen molar-refractivity contribution in [2.75, 3.05) is 6.61 Å². The first-order valence-electron chi connectivity index (χ1n) is 4.36. The fourth-order valence-corrected chi connectivity index (χ4v) is 1.13. The monoisotopic (exact) mass is 184 g/mol. The molecular weight excluding hydrogens is 172 g/mol. The van der Waals surface area contributed by atoms with E-state index >= 15 is 0 Å². The van der Waals surface area contributed by atoms with Crippen LogP contribution in [0, 0.1) is 12.3 Å². The Kier molecular flexibility index (Phi) is 4.26. The van der Waals surface area contributed by atoms with E-state index in [0.717, 1.165) is 0 Å². The van der Waals surface area contributed by atoms with E-state index in [9.17, 15) is 0 Å². The summed E-state index contributed by atoms with van der Waals surface area (Å²) in [7, 11) is 0. The van der Waals surface area contributed by atoms with E-state index in [4.69, 9.17) is 5.11 Å². The van der Waals surface area contributed by atoms with E-state index < -0.39 is 0 Å². The van der Waals surface area contributed by atoms with Gasteiger partial charge in [0.2, 0.25) is 0 Å². The molecule has 0 unspecified atom stereocenters. The SMILES string of the molecule is C#CCO.c1ccc2ccccc2c1. The van der Waals surface area contributed by atoms with Gasteiger partial charge in [0, 0.05) is 0 Å². The molecule has 1 heteroatoms. The van der Waals surface area contributed by atoms with Crippen LogP contribution < -0.4 is 0 Å². The lowest BCUT2D eigenvalue weighted by Gasteiger charge is -1.92. The van der Waals surface area contributed by atoms with Crippen molar-refractivity contribution in [3.63, 3.8) is 0 Å². The minimum absolute atomic E-state index is 0.153. The molecule has 0 aliphatic heterocycles. The number of fused-ring (bicyclic) bond motifs is 1. The van der Waals surface area contributed by atoms with Gasteiger partial charge in [-0.1, -0.05) is 54.5 Å². The summed E-state index contributed by atoms with van der Waals surface area (Å²) >= 11 is 0. The van der Waals surface area contributed by atoms with Gasteiger partial charge in [-0.2, -0.15) is 0 Å². The van der Waals surface area contributed by atoms with Gasteiger partial charge in [-0.05, 0) is 10.8 Å². The summed E-state index contributed by atoms with van der Waals surface area (Å²) in [5.74, 6) is 1.99. The summed E-state index contributed by atoms with van der Waals surface area (Å²) in [5, 5.41) is 10.3. The van der Waals surface area contributed by atoms with E-state index in [-0.39, 0.29) is 6.61 Å². The van der Waals surface area contributed by atoms with Gasteiger partial charge in [0.15, 0.2) is 0 Å². The molecule has 0 aromatic heterocycles. The second-order valence-corrected chi connectivity index (χ2v) is 2.71. The largest absolute Gasteiger partial charge is 0.384 e. The molecule has 0 radical (unpaired) electrons. The first-order chi connectivity index (χ1) is 6.88. The molecule has 2 rings (SSSR count). The Balaban J connectivity index is 0.000000213. The third-order valence-electron chi connectivity index (χ3n) is 1.75. The molecule has 1 N–H and O–H groups in total. The standard InChI is InChI=1S/C10H8.C3H4O/c1-2-6-10-8-4-3-7-9(10)5-1;1-2-3-4/h1-8H;1,4H,3H2. The Labute approximate surface area is 84.0 Å². The van der Waals surface area contributed by atoms with Crippen molar-refractivity contribution in [2.24, 2.45) is 0 Å². The van der Waals surface area contributed by atoms with Crippen LogP contribution in [-0.4, -0.2) is 11.7 Å². The Morgan fingerprint density at radius 3 is 1.43 bits per heavy atom. The zero-order valence-corrected chi connectivity index (χ0v) is 7.85. The van der Waals surface area contributed by atoms with Crippen LogP contribution in [-0.2, 0) is 0 Å². The summed E-state index contributed by atoms with van der Waals surface area (Å²) in [6, 6.07) is 16.7. The molecule has 0 spiro atoms. The predicted molar refractivity (Wildman–Crippen MR) is 59.9 cm³/mol. The number of terminal acetylenes is 1. The Morgan fingerprint density at radius 2 is 1.21 bits per heavy atom. The van der Waals surface area contributed by atoms with Crippen molar-refractivity contribution in [1.29, 1.82) is 0 Å². The molecule has 70 valence electrons. The van der Waals surface area contributed by atoms with E-state index in [1.165, 1.54) is 10.8 Å². The van der Waals surface area contributed by atoms with E-state index in [0.29, 0.717) is 0 Å². The quantitative estimate of drug-likeness (QED) is 0.623. The first kappa shape index (κ1) is 10.3. The lowest BCUT2D eigenvalue weighted by atomic mass is 10.1. The third kappa shape index (κ3) is 2.93. The van der Waals surface area contributed by atoms with Crippen LogP contribution in [0.1, 0.15) is 0 Å². The van der Waals surface area contributed by atoms with Gasteiger partial charge < -0.3 is 5.11 Å². The molecule has 0 aliphatic rings. The summed E-state index contributed by atoms with van der Waals surface area (Å²) < 4.78 is 0. The summed E-state index contributed by atoms with van der Waals surface area (Å²) in [4.78, 5) is 0. The molecule has 0 bridgehead atoms. The number of hydrogen-bond acceptors (Lipinski definition) is 1. The van der Waals surface area contributed by atoms with Crippen LogP contribution in [0.3, 0.4) is 0 Å². The summed E-state index contributed by atoms with van der Waals surface area (Å²) in [5.41, 5.74) is 0. The molecule has 0 aliphatic carbocycles. The van der Waals surface area contributed by atoms with Crippen molar-refractivity contribution in [3.8, 4) is 12.3 Å². The topological polar surface area (TPSA) is 20.2 Å². The number of hydrogen-bond donors (Lipinski definition) is 1. The Bertz CT molecular complexity index is 361. The average Bonchev–Trinajstić information content (AvgIpc) is 2.30. The molecule has 0 heterocycles. The lowest BCUT2D eigenvalue weighted by Crippen LogP contribution is -1.67. The summed E-state index contributed by atoms with van der Waals surface area (Å²) in [6.45, 7) is -0.153. The van der Waals surface area contributed by atoms with Crippen molar-refractivity contribution in [1.82, 2.24) is 0 Å². The molecule has 2 aromatic rings. The molecular formula is C13H12O. The molecule has 0 saturated heterocycles. The number of aliphatic hydroxyl groups excluding tert-OH is 1. The van der Waals surface area contributed by atoms with Crippen LogP contribution >= 0.6 is 0 Å². The molecule has 14 heavy (non-hydrogen) atoms. The normalized spacial score (nSPS) is 8.57. The fraction of sp³-hybridized carbons (Fsp3) is 0.0769. The Morgan fingerprint density at radius 1 is 0.929 bits per heavy atom. The molecule has 0 fully saturated rings. The third-order valence-corrected chi connectivity index (χ3v) is 1.75. The Hall–Kier alpha value is -1.78. The van der Waals surface area contributed by atoms with Crippen LogP contribution in [0.5, 0.6) is 0 Å². The predicted octanol–water partition coefficient (Wildman–Crippen LogP) is 2.45. The molecule has 2 aromatic carbocycles. The van der Waals surface area contributed by atoms with Gasteiger partial charge >= 0.3 is 0 Å². The van der Waals surface area contributed by atoms with Crippen LogP contribution in [0.4, 0.5) is 0 Å². The number of aliphatic hydroxyl groups is 1. The minimum atomic E-state index is -0.153. The molecule has 0 saturated carbocycles. The van der Waals surface area contributed by atoms with E-state index in [1.54, 1.807) is 0 Å². The zero-order valence-electron chi connectivity index (χ0n) is 7.85. The number of benzene rings is 2. The van der Waals surface area contributed by atoms with Gasteiger partial charge in [-0.3, -0.25) is 0 Å². The highest BCUT2D eigenvalue weighted by Gasteiger charge is 1.85. The van der Waals surface area contributed by atoms with Gasteiger partial charge in [-0.15, -0.1) is 6.42 Å². The van der Waals surface area contributed by atoms with Crippen LogP contribution in [0.25, 0.3) is 10.8 Å². The average molecular weight is 184 g/mol. The molecule has 1 nitrogen and oxygen atoms in total. The van der Waals surface area contributed by atoms with Crippen LogP contribution in [0.15, 0.2) is 48.5 Å². The highest BCUT2D eigenvalue weighted by atomic mass is 16.2. The highest BCUT2D eigenvalue weighted by molar-refractivity contribution is 5.81. The van der Waals surface area contributed by atoms with Crippen molar-refractivity contribution >= 4 is 10.8 Å². The van der Waals surface area contributed by atoms with Gasteiger partial charge in [0.25, 0.3) is 0 Å². The smallest absolute Gasteiger partial charge is 0.103 e. The van der Waals surface area contributed by atoms with E-state index in [2.05, 4.69) is 55.0 Å². The van der Waals surface area contributed by atoms with Crippen molar-refractivity contribution < 1.29 is 5.11 Å².